The molecule has 0 saturated carbocycles. The van der Waals surface area contributed by atoms with Gasteiger partial charge in [-0.05, 0) is 49.2 Å². The molecule has 164 valence electrons. The van der Waals surface area contributed by atoms with Gasteiger partial charge in [-0.15, -0.1) is 0 Å². The molecule has 31 heavy (non-hydrogen) atoms. The number of thioether (sulfide) groups is 1. The maximum absolute atomic E-state index is 12.8. The van der Waals surface area contributed by atoms with Crippen molar-refractivity contribution in [1.82, 2.24) is 4.31 Å². The highest BCUT2D eigenvalue weighted by Crippen LogP contribution is 2.38. The summed E-state index contributed by atoms with van der Waals surface area (Å²) in [6.07, 6.45) is 0.582. The largest absolute Gasteiger partial charge is 0.325 e. The van der Waals surface area contributed by atoms with E-state index in [1.54, 1.807) is 6.07 Å². The number of alkyl halides is 2. The van der Waals surface area contributed by atoms with E-state index < -0.39 is 21.7 Å². The number of nitrogens with one attached hydrogen (secondary N) is 1. The summed E-state index contributed by atoms with van der Waals surface area (Å²) in [6, 6.07) is 12.1. The first-order valence-corrected chi connectivity index (χ1v) is 12.0. The van der Waals surface area contributed by atoms with Gasteiger partial charge >= 0.3 is 0 Å². The fourth-order valence-electron chi connectivity index (χ4n) is 3.26. The average Bonchev–Trinajstić information content (AvgIpc) is 2.76. The van der Waals surface area contributed by atoms with E-state index in [1.807, 2.05) is 6.07 Å². The van der Waals surface area contributed by atoms with Crippen molar-refractivity contribution in [3.05, 3.63) is 53.1 Å². The Balaban J connectivity index is 1.65. The Hall–Kier alpha value is -2.19. The molecule has 1 aliphatic heterocycles. The Kier molecular flexibility index (Phi) is 7.54. The number of piperidine rings is 1. The van der Waals surface area contributed by atoms with Gasteiger partial charge in [0, 0.05) is 19.0 Å². The van der Waals surface area contributed by atoms with Crippen LogP contribution in [0.5, 0.6) is 0 Å². The quantitative estimate of drug-likeness (QED) is 0.605. The zero-order valence-corrected chi connectivity index (χ0v) is 18.5. The minimum atomic E-state index is -3.73. The Labute approximate surface area is 188 Å². The maximum Gasteiger partial charge on any atom is 0.289 e. The van der Waals surface area contributed by atoms with Crippen molar-refractivity contribution in [1.29, 1.82) is 5.26 Å². The predicted octanol–water partition coefficient (Wildman–Crippen LogP) is 4.57. The van der Waals surface area contributed by atoms with Crippen molar-refractivity contribution in [3.8, 4) is 6.07 Å². The molecular weight excluding hydrogens is 468 g/mol. The van der Waals surface area contributed by atoms with E-state index in [9.17, 15) is 22.0 Å². The lowest BCUT2D eigenvalue weighted by molar-refractivity contribution is -0.120. The third-order valence-corrected chi connectivity index (χ3v) is 8.07. The van der Waals surface area contributed by atoms with E-state index in [0.717, 1.165) is 0 Å². The van der Waals surface area contributed by atoms with Crippen molar-refractivity contribution < 1.29 is 22.0 Å². The molecule has 1 heterocycles. The van der Waals surface area contributed by atoms with Crippen LogP contribution in [-0.2, 0) is 14.8 Å². The normalized spacial score (nSPS) is 15.6. The van der Waals surface area contributed by atoms with Crippen LogP contribution in [0.25, 0.3) is 0 Å². The Morgan fingerprint density at radius 1 is 1.19 bits per heavy atom. The maximum atomic E-state index is 12.8. The lowest BCUT2D eigenvalue weighted by Crippen LogP contribution is -2.41. The van der Waals surface area contributed by atoms with Gasteiger partial charge in [-0.1, -0.05) is 29.4 Å². The molecule has 3 rings (SSSR count). The van der Waals surface area contributed by atoms with Crippen molar-refractivity contribution in [2.24, 2.45) is 5.92 Å². The highest BCUT2D eigenvalue weighted by molar-refractivity contribution is 7.99. The number of nitriles is 1. The molecule has 0 aliphatic carbocycles. The molecule has 2 aromatic rings. The number of sulfonamides is 1. The molecule has 11 heteroatoms. The van der Waals surface area contributed by atoms with Gasteiger partial charge in [0.2, 0.25) is 15.9 Å². The highest BCUT2D eigenvalue weighted by Gasteiger charge is 2.32. The minimum absolute atomic E-state index is 0.0852. The van der Waals surface area contributed by atoms with Crippen molar-refractivity contribution in [2.75, 3.05) is 18.4 Å². The highest BCUT2D eigenvalue weighted by atomic mass is 35.5. The standard InChI is InChI=1S/C20H18ClF2N3O3S2/c21-16-2-1-3-17(18(16)30-20(22)23)25-19(27)14-8-10-26(11-9-14)31(28,29)15-6-4-13(12-24)5-7-15/h1-7,14,20H,8-11H2,(H,25,27). The minimum Gasteiger partial charge on any atom is -0.325 e. The van der Waals surface area contributed by atoms with Crippen LogP contribution in [0.1, 0.15) is 18.4 Å². The summed E-state index contributed by atoms with van der Waals surface area (Å²) in [5, 5.41) is 11.6. The van der Waals surface area contributed by atoms with Crippen LogP contribution >= 0.6 is 23.4 Å². The fourth-order valence-corrected chi connectivity index (χ4v) is 5.64. The van der Waals surface area contributed by atoms with Gasteiger partial charge in [-0.3, -0.25) is 4.79 Å². The Morgan fingerprint density at radius 3 is 2.42 bits per heavy atom. The van der Waals surface area contributed by atoms with Crippen LogP contribution in [0.15, 0.2) is 52.3 Å². The number of hydrogen-bond acceptors (Lipinski definition) is 5. The predicted molar refractivity (Wildman–Crippen MR) is 115 cm³/mol. The van der Waals surface area contributed by atoms with Crippen LogP contribution in [0.3, 0.4) is 0 Å². The van der Waals surface area contributed by atoms with Gasteiger partial charge in [0.05, 0.1) is 32.1 Å². The summed E-state index contributed by atoms with van der Waals surface area (Å²) in [5.41, 5.74) is 0.565. The van der Waals surface area contributed by atoms with Gasteiger partial charge in [0.25, 0.3) is 5.76 Å². The van der Waals surface area contributed by atoms with Crippen LogP contribution in [0.4, 0.5) is 14.5 Å². The molecule has 1 fully saturated rings. The van der Waals surface area contributed by atoms with Crippen LogP contribution < -0.4 is 5.32 Å². The van der Waals surface area contributed by atoms with E-state index >= 15 is 0 Å². The van der Waals surface area contributed by atoms with E-state index in [-0.39, 0.29) is 51.3 Å². The molecular formula is C20H18ClF2N3O3S2. The SMILES string of the molecule is N#Cc1ccc(S(=O)(=O)N2CCC(C(=O)Nc3cccc(Cl)c3SC(F)F)CC2)cc1. The smallest absolute Gasteiger partial charge is 0.289 e. The number of anilines is 1. The van der Waals surface area contributed by atoms with Gasteiger partial charge in [0.15, 0.2) is 0 Å². The second-order valence-electron chi connectivity index (χ2n) is 6.80. The lowest BCUT2D eigenvalue weighted by atomic mass is 9.97. The van der Waals surface area contributed by atoms with Gasteiger partial charge in [-0.25, -0.2) is 8.42 Å². The average molecular weight is 486 g/mol. The molecule has 1 saturated heterocycles. The van der Waals surface area contributed by atoms with E-state index in [2.05, 4.69) is 5.32 Å². The Morgan fingerprint density at radius 2 is 1.84 bits per heavy atom. The monoisotopic (exact) mass is 485 g/mol. The molecule has 0 spiro atoms. The van der Waals surface area contributed by atoms with Crippen molar-refractivity contribution in [2.45, 2.75) is 28.4 Å². The molecule has 0 atom stereocenters. The molecule has 0 aromatic heterocycles. The van der Waals surface area contributed by atoms with Gasteiger partial charge < -0.3 is 5.32 Å². The van der Waals surface area contributed by atoms with Gasteiger partial charge in [-0.2, -0.15) is 18.3 Å². The molecule has 1 aliphatic rings. The second kappa shape index (κ2) is 9.96. The first kappa shape index (κ1) is 23.5. The number of hydrogen-bond donors (Lipinski definition) is 1. The van der Waals surface area contributed by atoms with E-state index in [1.165, 1.54) is 40.7 Å². The molecule has 0 unspecified atom stereocenters. The fraction of sp³-hybridized carbons (Fsp3) is 0.300. The molecule has 0 radical (unpaired) electrons. The summed E-state index contributed by atoms with van der Waals surface area (Å²) >= 11 is 6.25. The van der Waals surface area contributed by atoms with E-state index in [0.29, 0.717) is 18.4 Å². The third kappa shape index (κ3) is 5.54. The van der Waals surface area contributed by atoms with Crippen LogP contribution in [-0.4, -0.2) is 37.5 Å². The number of benzene rings is 2. The molecule has 0 bridgehead atoms. The zero-order chi connectivity index (χ0) is 22.6. The third-order valence-electron chi connectivity index (χ3n) is 4.88. The summed E-state index contributed by atoms with van der Waals surface area (Å²) in [7, 11) is -3.73. The first-order chi connectivity index (χ1) is 14.7. The van der Waals surface area contributed by atoms with Crippen LogP contribution in [0.2, 0.25) is 5.02 Å². The van der Waals surface area contributed by atoms with Crippen molar-refractivity contribution in [3.63, 3.8) is 0 Å². The first-order valence-electron chi connectivity index (χ1n) is 9.27. The lowest BCUT2D eigenvalue weighted by Gasteiger charge is -2.30. The summed E-state index contributed by atoms with van der Waals surface area (Å²) in [4.78, 5) is 12.8. The number of halogens is 3. The molecule has 1 amide bonds. The number of nitrogens with zero attached hydrogens (tertiary/aromatic N) is 2. The Bertz CT molecular complexity index is 1100. The van der Waals surface area contributed by atoms with Gasteiger partial charge in [0.1, 0.15) is 0 Å². The molecule has 1 N–H and O–H groups in total. The topological polar surface area (TPSA) is 90.3 Å². The number of amides is 1. The summed E-state index contributed by atoms with van der Waals surface area (Å²) in [6.45, 7) is 0.295. The van der Waals surface area contributed by atoms with Crippen molar-refractivity contribution >= 4 is 45.0 Å². The summed E-state index contributed by atoms with van der Waals surface area (Å²) in [5.74, 6) is -3.52. The molecule has 6 nitrogen and oxygen atoms in total. The number of rotatable bonds is 6. The second-order valence-corrected chi connectivity index (χ2v) is 10.1. The van der Waals surface area contributed by atoms with Crippen LogP contribution in [0, 0.1) is 17.2 Å². The zero-order valence-electron chi connectivity index (χ0n) is 16.1. The van der Waals surface area contributed by atoms with E-state index in [4.69, 9.17) is 16.9 Å². The summed E-state index contributed by atoms with van der Waals surface area (Å²) < 4.78 is 52.5. The number of carbonyl (C=O) groups is 1. The number of carbonyl (C=O) groups excluding carboxylic acids is 1. The molecule has 2 aromatic carbocycles.